The standard InChI is InChI=1S/C13H23N5/c1-13(2,3)8-16-11-9-7-15-6-5-10(9)17-12(14-4)18-11/h15H,5-8H2,1-4H3,(H2,14,16,17,18). The molecule has 0 atom stereocenters. The number of nitrogens with one attached hydrogen (secondary N) is 3. The maximum atomic E-state index is 4.53. The first-order valence-corrected chi connectivity index (χ1v) is 6.52. The van der Waals surface area contributed by atoms with Crippen molar-refractivity contribution in [3.8, 4) is 0 Å². The summed E-state index contributed by atoms with van der Waals surface area (Å²) in [5.74, 6) is 1.67. The lowest BCUT2D eigenvalue weighted by molar-refractivity contribution is 0.442. The molecule has 3 N–H and O–H groups in total. The van der Waals surface area contributed by atoms with Crippen molar-refractivity contribution in [2.24, 2.45) is 5.41 Å². The molecule has 5 heteroatoms. The molecule has 100 valence electrons. The van der Waals surface area contributed by atoms with Gasteiger partial charge in [0.05, 0.1) is 5.69 Å². The summed E-state index contributed by atoms with van der Waals surface area (Å²) in [7, 11) is 1.86. The van der Waals surface area contributed by atoms with Gasteiger partial charge in [0.1, 0.15) is 5.82 Å². The van der Waals surface area contributed by atoms with Crippen molar-refractivity contribution in [1.29, 1.82) is 0 Å². The molecular weight excluding hydrogens is 226 g/mol. The average molecular weight is 249 g/mol. The number of anilines is 2. The Morgan fingerprint density at radius 2 is 2.06 bits per heavy atom. The third-order valence-corrected chi connectivity index (χ3v) is 2.94. The highest BCUT2D eigenvalue weighted by molar-refractivity contribution is 5.51. The quantitative estimate of drug-likeness (QED) is 0.760. The molecule has 18 heavy (non-hydrogen) atoms. The van der Waals surface area contributed by atoms with Crippen LogP contribution < -0.4 is 16.0 Å². The summed E-state index contributed by atoms with van der Waals surface area (Å²) in [5.41, 5.74) is 2.61. The maximum Gasteiger partial charge on any atom is 0.224 e. The van der Waals surface area contributed by atoms with E-state index in [9.17, 15) is 0 Å². The summed E-state index contributed by atoms with van der Waals surface area (Å²) < 4.78 is 0. The van der Waals surface area contributed by atoms with Crippen molar-refractivity contribution in [1.82, 2.24) is 15.3 Å². The van der Waals surface area contributed by atoms with Crippen molar-refractivity contribution in [3.63, 3.8) is 0 Å². The Labute approximate surface area is 109 Å². The number of fused-ring (bicyclic) bond motifs is 1. The molecule has 0 unspecified atom stereocenters. The minimum absolute atomic E-state index is 0.236. The van der Waals surface area contributed by atoms with Gasteiger partial charge in [-0.1, -0.05) is 20.8 Å². The Bertz CT molecular complexity index is 422. The molecule has 1 aliphatic heterocycles. The predicted octanol–water partition coefficient (Wildman–Crippen LogP) is 1.62. The van der Waals surface area contributed by atoms with Gasteiger partial charge < -0.3 is 16.0 Å². The van der Waals surface area contributed by atoms with Gasteiger partial charge in [-0.2, -0.15) is 4.98 Å². The third kappa shape index (κ3) is 3.10. The van der Waals surface area contributed by atoms with Crippen molar-refractivity contribution in [2.75, 3.05) is 30.8 Å². The van der Waals surface area contributed by atoms with E-state index in [1.54, 1.807) is 0 Å². The fraction of sp³-hybridized carbons (Fsp3) is 0.692. The largest absolute Gasteiger partial charge is 0.369 e. The Morgan fingerprint density at radius 3 is 2.72 bits per heavy atom. The fourth-order valence-corrected chi connectivity index (χ4v) is 1.95. The van der Waals surface area contributed by atoms with Crippen LogP contribution in [0, 0.1) is 5.41 Å². The van der Waals surface area contributed by atoms with E-state index in [2.05, 4.69) is 46.7 Å². The first-order valence-electron chi connectivity index (χ1n) is 6.52. The zero-order valence-electron chi connectivity index (χ0n) is 11.7. The van der Waals surface area contributed by atoms with E-state index in [1.165, 1.54) is 5.56 Å². The highest BCUT2D eigenvalue weighted by Crippen LogP contribution is 2.23. The molecule has 0 amide bonds. The molecule has 1 aromatic rings. The van der Waals surface area contributed by atoms with Crippen molar-refractivity contribution < 1.29 is 0 Å². The molecule has 1 aliphatic rings. The van der Waals surface area contributed by atoms with Crippen LogP contribution in [0.15, 0.2) is 0 Å². The SMILES string of the molecule is CNc1nc2c(c(NCC(C)(C)C)n1)CNCC2. The number of hydrogen-bond acceptors (Lipinski definition) is 5. The minimum Gasteiger partial charge on any atom is -0.369 e. The molecule has 0 saturated heterocycles. The predicted molar refractivity (Wildman–Crippen MR) is 74.9 cm³/mol. The Hall–Kier alpha value is -1.36. The number of nitrogens with zero attached hydrogens (tertiary/aromatic N) is 2. The van der Waals surface area contributed by atoms with Crippen molar-refractivity contribution in [2.45, 2.75) is 33.7 Å². The maximum absolute atomic E-state index is 4.53. The van der Waals surface area contributed by atoms with Crippen LogP contribution in [0.4, 0.5) is 11.8 Å². The molecule has 2 rings (SSSR count). The van der Waals surface area contributed by atoms with Gasteiger partial charge in [-0.25, -0.2) is 4.98 Å². The van der Waals surface area contributed by atoms with Gasteiger partial charge in [0.25, 0.3) is 0 Å². The van der Waals surface area contributed by atoms with Crippen LogP contribution in [-0.2, 0) is 13.0 Å². The van der Waals surface area contributed by atoms with E-state index in [-0.39, 0.29) is 5.41 Å². The first kappa shape index (κ1) is 13.1. The summed E-state index contributed by atoms with van der Waals surface area (Å²) in [5, 5.41) is 9.86. The Morgan fingerprint density at radius 1 is 1.28 bits per heavy atom. The summed E-state index contributed by atoms with van der Waals surface area (Å²) in [6.45, 7) is 9.39. The summed E-state index contributed by atoms with van der Waals surface area (Å²) >= 11 is 0. The van der Waals surface area contributed by atoms with Gasteiger partial charge in [-0.05, 0) is 5.41 Å². The van der Waals surface area contributed by atoms with Gasteiger partial charge >= 0.3 is 0 Å². The van der Waals surface area contributed by atoms with Gasteiger partial charge in [0.15, 0.2) is 0 Å². The van der Waals surface area contributed by atoms with Crippen LogP contribution in [0.2, 0.25) is 0 Å². The van der Waals surface area contributed by atoms with Crippen molar-refractivity contribution >= 4 is 11.8 Å². The van der Waals surface area contributed by atoms with E-state index in [4.69, 9.17) is 0 Å². The van der Waals surface area contributed by atoms with E-state index in [0.29, 0.717) is 5.95 Å². The first-order chi connectivity index (χ1) is 8.49. The normalized spacial score (nSPS) is 15.1. The Balaban J connectivity index is 2.26. The molecular formula is C13H23N5. The van der Waals surface area contributed by atoms with Gasteiger partial charge in [0.2, 0.25) is 5.95 Å². The van der Waals surface area contributed by atoms with Crippen LogP contribution in [0.1, 0.15) is 32.0 Å². The molecule has 0 aromatic carbocycles. The molecule has 0 fully saturated rings. The van der Waals surface area contributed by atoms with Crippen LogP contribution in [-0.4, -0.2) is 30.1 Å². The second-order valence-electron chi connectivity index (χ2n) is 5.91. The van der Waals surface area contributed by atoms with Crippen LogP contribution in [0.3, 0.4) is 0 Å². The van der Waals surface area contributed by atoms with E-state index in [0.717, 1.165) is 37.6 Å². The third-order valence-electron chi connectivity index (χ3n) is 2.94. The van der Waals surface area contributed by atoms with Gasteiger partial charge in [0, 0.05) is 38.7 Å². The molecule has 5 nitrogen and oxygen atoms in total. The molecule has 0 radical (unpaired) electrons. The monoisotopic (exact) mass is 249 g/mol. The number of rotatable bonds is 3. The molecule has 0 saturated carbocycles. The minimum atomic E-state index is 0.236. The lowest BCUT2D eigenvalue weighted by atomic mass is 9.97. The van der Waals surface area contributed by atoms with Gasteiger partial charge in [-0.3, -0.25) is 0 Å². The zero-order chi connectivity index (χ0) is 13.2. The molecule has 1 aromatic heterocycles. The van der Waals surface area contributed by atoms with E-state index in [1.807, 2.05) is 7.05 Å². The lowest BCUT2D eigenvalue weighted by Gasteiger charge is -2.24. The van der Waals surface area contributed by atoms with Crippen LogP contribution >= 0.6 is 0 Å². The van der Waals surface area contributed by atoms with E-state index < -0.39 is 0 Å². The van der Waals surface area contributed by atoms with Gasteiger partial charge in [-0.15, -0.1) is 0 Å². The summed E-state index contributed by atoms with van der Waals surface area (Å²) in [6, 6.07) is 0. The van der Waals surface area contributed by atoms with E-state index >= 15 is 0 Å². The number of aromatic nitrogens is 2. The molecule has 0 bridgehead atoms. The molecule has 0 aliphatic carbocycles. The molecule has 0 spiro atoms. The lowest BCUT2D eigenvalue weighted by Crippen LogP contribution is -2.28. The number of hydrogen-bond donors (Lipinski definition) is 3. The summed E-state index contributed by atoms with van der Waals surface area (Å²) in [4.78, 5) is 9.07. The topological polar surface area (TPSA) is 61.9 Å². The molecule has 2 heterocycles. The summed E-state index contributed by atoms with van der Waals surface area (Å²) in [6.07, 6.45) is 0.969. The highest BCUT2D eigenvalue weighted by atomic mass is 15.1. The smallest absolute Gasteiger partial charge is 0.224 e. The second kappa shape index (κ2) is 5.10. The fourth-order valence-electron chi connectivity index (χ4n) is 1.95. The highest BCUT2D eigenvalue weighted by Gasteiger charge is 2.18. The van der Waals surface area contributed by atoms with Crippen LogP contribution in [0.5, 0.6) is 0 Å². The van der Waals surface area contributed by atoms with Crippen LogP contribution in [0.25, 0.3) is 0 Å². The second-order valence-corrected chi connectivity index (χ2v) is 5.91. The zero-order valence-corrected chi connectivity index (χ0v) is 11.7. The van der Waals surface area contributed by atoms with Crippen molar-refractivity contribution in [3.05, 3.63) is 11.3 Å². The average Bonchev–Trinajstić information content (AvgIpc) is 2.34. The Kier molecular flexibility index (Phi) is 3.71.